The van der Waals surface area contributed by atoms with Crippen molar-refractivity contribution in [3.63, 3.8) is 0 Å². The molecule has 0 saturated carbocycles. The van der Waals surface area contributed by atoms with Gasteiger partial charge in [0.15, 0.2) is 8.46 Å². The zero-order valence-corrected chi connectivity index (χ0v) is 11.8. The maximum absolute atomic E-state index is 10.8. The summed E-state index contributed by atoms with van der Waals surface area (Å²) in [5, 5.41) is 8.76. The molecule has 0 aliphatic rings. The second-order valence-electron chi connectivity index (χ2n) is 6.13. The first-order valence-electron chi connectivity index (χ1n) is 5.62. The van der Waals surface area contributed by atoms with Crippen LogP contribution in [-0.4, -0.2) is 17.2 Å². The molecule has 0 fully saturated rings. The van der Waals surface area contributed by atoms with Crippen molar-refractivity contribution in [3.8, 4) is 0 Å². The summed E-state index contributed by atoms with van der Waals surface area (Å²) in [6, 6.07) is 0. The SMILES string of the molecule is CC(C)(C)C(CCC(=O)O)C(C)(C)CP=O. The Morgan fingerprint density at radius 2 is 1.75 bits per heavy atom. The zero-order chi connectivity index (χ0) is 13.0. The number of carbonyl (C=O) groups is 1. The van der Waals surface area contributed by atoms with Crippen LogP contribution in [0.1, 0.15) is 47.5 Å². The van der Waals surface area contributed by atoms with Crippen LogP contribution >= 0.6 is 8.46 Å². The zero-order valence-electron chi connectivity index (χ0n) is 10.9. The van der Waals surface area contributed by atoms with Gasteiger partial charge in [0, 0.05) is 12.6 Å². The van der Waals surface area contributed by atoms with Crippen molar-refractivity contribution in [1.82, 2.24) is 0 Å². The molecular formula is C12H23O3P. The first-order chi connectivity index (χ1) is 7.11. The highest BCUT2D eigenvalue weighted by atomic mass is 31.1. The quantitative estimate of drug-likeness (QED) is 0.724. The van der Waals surface area contributed by atoms with Crippen molar-refractivity contribution >= 4 is 14.4 Å². The lowest BCUT2D eigenvalue weighted by atomic mass is 9.65. The van der Waals surface area contributed by atoms with Crippen LogP contribution in [0.25, 0.3) is 0 Å². The van der Waals surface area contributed by atoms with Gasteiger partial charge in [0.2, 0.25) is 0 Å². The van der Waals surface area contributed by atoms with E-state index in [2.05, 4.69) is 34.6 Å². The molecule has 1 unspecified atom stereocenters. The van der Waals surface area contributed by atoms with Crippen molar-refractivity contribution in [2.45, 2.75) is 47.5 Å². The van der Waals surface area contributed by atoms with Crippen LogP contribution in [0.5, 0.6) is 0 Å². The molecule has 0 rings (SSSR count). The number of rotatable bonds is 6. The highest BCUT2D eigenvalue weighted by Crippen LogP contribution is 2.44. The average Bonchev–Trinajstić information content (AvgIpc) is 1.99. The summed E-state index contributed by atoms with van der Waals surface area (Å²) in [5.41, 5.74) is -0.0688. The maximum Gasteiger partial charge on any atom is 0.303 e. The average molecular weight is 246 g/mol. The number of carboxylic acid groups (broad SMARTS) is 1. The lowest BCUT2D eigenvalue weighted by Crippen LogP contribution is -2.36. The van der Waals surface area contributed by atoms with Gasteiger partial charge in [0.1, 0.15) is 0 Å². The third-order valence-electron chi connectivity index (χ3n) is 3.11. The molecule has 94 valence electrons. The maximum atomic E-state index is 10.8. The Morgan fingerprint density at radius 1 is 1.25 bits per heavy atom. The molecule has 0 heterocycles. The molecule has 0 aliphatic carbocycles. The molecule has 4 heteroatoms. The van der Waals surface area contributed by atoms with E-state index in [-0.39, 0.29) is 31.6 Å². The molecule has 0 aromatic rings. The van der Waals surface area contributed by atoms with Gasteiger partial charge in [0.25, 0.3) is 0 Å². The van der Waals surface area contributed by atoms with Gasteiger partial charge in [-0.2, -0.15) is 0 Å². The predicted molar refractivity (Wildman–Crippen MR) is 66.1 cm³/mol. The van der Waals surface area contributed by atoms with E-state index in [1.807, 2.05) is 0 Å². The van der Waals surface area contributed by atoms with Gasteiger partial charge in [-0.1, -0.05) is 34.6 Å². The molecule has 3 nitrogen and oxygen atoms in total. The highest BCUT2D eigenvalue weighted by Gasteiger charge is 2.37. The number of aliphatic carboxylic acids is 1. The van der Waals surface area contributed by atoms with Gasteiger partial charge in [-0.3, -0.25) is 9.36 Å². The van der Waals surface area contributed by atoms with Gasteiger partial charge >= 0.3 is 5.97 Å². The first-order valence-corrected chi connectivity index (χ1v) is 6.62. The Bertz CT molecular complexity index is 253. The Labute approximate surface area is 99.8 Å². The summed E-state index contributed by atoms with van der Waals surface area (Å²) < 4.78 is 10.8. The third kappa shape index (κ3) is 5.07. The smallest absolute Gasteiger partial charge is 0.303 e. The van der Waals surface area contributed by atoms with Crippen molar-refractivity contribution in [1.29, 1.82) is 0 Å². The highest BCUT2D eigenvalue weighted by molar-refractivity contribution is 7.23. The molecule has 0 radical (unpaired) electrons. The summed E-state index contributed by atoms with van der Waals surface area (Å²) in [6.07, 6.45) is 1.40. The van der Waals surface area contributed by atoms with Crippen molar-refractivity contribution in [3.05, 3.63) is 0 Å². The van der Waals surface area contributed by atoms with Gasteiger partial charge in [-0.05, 0) is 23.2 Å². The van der Waals surface area contributed by atoms with Crippen molar-refractivity contribution < 1.29 is 14.5 Å². The standard InChI is InChI=1S/C12H23O3P/c1-11(2,3)9(6-7-10(13)14)12(4,5)8-16-15/h9H,6-8H2,1-5H3,(H,13,14). The summed E-state index contributed by atoms with van der Waals surface area (Å²) in [4.78, 5) is 10.7. The predicted octanol–water partition coefficient (Wildman–Crippen LogP) is 3.83. The molecule has 0 saturated heterocycles. The molecule has 1 atom stereocenters. The second kappa shape index (κ2) is 5.77. The lowest BCUT2D eigenvalue weighted by molar-refractivity contribution is -0.137. The Morgan fingerprint density at radius 3 is 2.06 bits per heavy atom. The van der Waals surface area contributed by atoms with E-state index in [0.29, 0.717) is 12.6 Å². The van der Waals surface area contributed by atoms with Gasteiger partial charge in [-0.15, -0.1) is 0 Å². The fourth-order valence-corrected chi connectivity index (χ4v) is 3.09. The van der Waals surface area contributed by atoms with Crippen LogP contribution in [0.3, 0.4) is 0 Å². The second-order valence-corrected chi connectivity index (χ2v) is 6.70. The minimum atomic E-state index is -0.760. The van der Waals surface area contributed by atoms with Gasteiger partial charge in [-0.25, -0.2) is 0 Å². The Hall–Kier alpha value is -0.430. The topological polar surface area (TPSA) is 54.4 Å². The summed E-state index contributed by atoms with van der Waals surface area (Å²) in [6.45, 7) is 10.5. The molecule has 0 aromatic carbocycles. The van der Waals surface area contributed by atoms with E-state index in [4.69, 9.17) is 5.11 Å². The van der Waals surface area contributed by atoms with Crippen LogP contribution in [0.4, 0.5) is 0 Å². The molecule has 1 N–H and O–H groups in total. The minimum absolute atomic E-state index is 0.0314. The van der Waals surface area contributed by atoms with Crippen LogP contribution in [0, 0.1) is 16.7 Å². The number of hydrogen-bond donors (Lipinski definition) is 1. The summed E-state index contributed by atoms with van der Waals surface area (Å²) >= 11 is 0. The third-order valence-corrected chi connectivity index (χ3v) is 4.05. The van der Waals surface area contributed by atoms with Crippen LogP contribution in [-0.2, 0) is 9.36 Å². The lowest BCUT2D eigenvalue weighted by Gasteiger charge is -2.42. The van der Waals surface area contributed by atoms with E-state index in [1.54, 1.807) is 0 Å². The van der Waals surface area contributed by atoms with Gasteiger partial charge in [0.05, 0.1) is 0 Å². The van der Waals surface area contributed by atoms with Crippen LogP contribution < -0.4 is 0 Å². The summed E-state index contributed by atoms with van der Waals surface area (Å²) in [5.74, 6) is -0.512. The van der Waals surface area contributed by atoms with Crippen molar-refractivity contribution in [2.75, 3.05) is 6.16 Å². The monoisotopic (exact) mass is 246 g/mol. The molecular weight excluding hydrogens is 223 g/mol. The molecule has 0 amide bonds. The Balaban J connectivity index is 4.79. The molecule has 16 heavy (non-hydrogen) atoms. The minimum Gasteiger partial charge on any atom is -0.481 e. The van der Waals surface area contributed by atoms with Gasteiger partial charge < -0.3 is 5.11 Å². The molecule has 0 bridgehead atoms. The van der Waals surface area contributed by atoms with E-state index in [1.165, 1.54) is 0 Å². The Kier molecular flexibility index (Phi) is 5.61. The van der Waals surface area contributed by atoms with E-state index < -0.39 is 5.97 Å². The fourth-order valence-electron chi connectivity index (χ4n) is 2.54. The van der Waals surface area contributed by atoms with E-state index >= 15 is 0 Å². The fraction of sp³-hybridized carbons (Fsp3) is 0.917. The first kappa shape index (κ1) is 15.6. The van der Waals surface area contributed by atoms with Crippen LogP contribution in [0.2, 0.25) is 0 Å². The molecule has 0 aromatic heterocycles. The van der Waals surface area contributed by atoms with Crippen LogP contribution in [0.15, 0.2) is 0 Å². The van der Waals surface area contributed by atoms with E-state index in [9.17, 15) is 9.36 Å². The number of hydrogen-bond acceptors (Lipinski definition) is 2. The normalized spacial score (nSPS) is 15.1. The summed E-state index contributed by atoms with van der Waals surface area (Å²) in [7, 11) is 0.136. The molecule has 0 spiro atoms. The number of carboxylic acids is 1. The molecule has 0 aliphatic heterocycles. The van der Waals surface area contributed by atoms with E-state index in [0.717, 1.165) is 0 Å². The van der Waals surface area contributed by atoms with Crippen molar-refractivity contribution in [2.24, 2.45) is 16.7 Å². The largest absolute Gasteiger partial charge is 0.481 e.